The average Bonchev–Trinajstić information content (AvgIpc) is 3.54. The predicted molar refractivity (Wildman–Crippen MR) is 208 cm³/mol. The first kappa shape index (κ1) is 39.1. The van der Waals surface area contributed by atoms with Gasteiger partial charge in [0.2, 0.25) is 11.8 Å². The van der Waals surface area contributed by atoms with Gasteiger partial charge in [-0.2, -0.15) is 0 Å². The Morgan fingerprint density at radius 3 is 2.22 bits per heavy atom. The molecule has 2 saturated carbocycles. The van der Waals surface area contributed by atoms with Crippen molar-refractivity contribution < 1.29 is 14.3 Å². The van der Waals surface area contributed by atoms with Crippen LogP contribution >= 0.6 is 0 Å². The van der Waals surface area contributed by atoms with E-state index in [9.17, 15) is 9.59 Å². The maximum atomic E-state index is 14.3. The fourth-order valence-electron chi connectivity index (χ4n) is 8.27. The highest BCUT2D eigenvalue weighted by Gasteiger charge is 2.64. The molecule has 7 nitrogen and oxygen atoms in total. The van der Waals surface area contributed by atoms with Crippen molar-refractivity contribution in [1.82, 2.24) is 20.1 Å². The minimum atomic E-state index is -0.413. The lowest BCUT2D eigenvalue weighted by Gasteiger charge is -2.37. The highest BCUT2D eigenvalue weighted by molar-refractivity contribution is 5.97. The van der Waals surface area contributed by atoms with Gasteiger partial charge in [-0.25, -0.2) is 0 Å². The quantitative estimate of drug-likeness (QED) is 0.248. The molecule has 0 radical (unpaired) electrons. The predicted octanol–water partition coefficient (Wildman–Crippen LogP) is 9.76. The van der Waals surface area contributed by atoms with Crippen molar-refractivity contribution in [2.24, 2.45) is 11.3 Å². The van der Waals surface area contributed by atoms with E-state index in [-0.39, 0.29) is 17.7 Å². The normalized spacial score (nSPS) is 20.7. The summed E-state index contributed by atoms with van der Waals surface area (Å²) >= 11 is 0. The zero-order valence-electron chi connectivity index (χ0n) is 32.5. The van der Waals surface area contributed by atoms with Crippen LogP contribution in [0.15, 0.2) is 54.4 Å². The van der Waals surface area contributed by atoms with Gasteiger partial charge in [0, 0.05) is 74.8 Å². The summed E-state index contributed by atoms with van der Waals surface area (Å²) in [4.78, 5) is 26.0. The van der Waals surface area contributed by atoms with E-state index in [1.165, 1.54) is 91.6 Å². The number of ether oxygens (including phenoxy) is 1. The molecule has 4 aliphatic rings. The SMILES string of the molecule is CC.CC1CCCC1.CCCC(CCC)c1c2n(c3ccccc13)CC1(C(=O)N3CC/C3=C\NC)CC1c1cc(OC)ccc1-2.CNC(C)=O. The second-order valence-electron chi connectivity index (χ2n) is 14.3. The topological polar surface area (TPSA) is 75.6 Å². The number of amides is 2. The summed E-state index contributed by atoms with van der Waals surface area (Å²) in [6.07, 6.45) is 14.5. The van der Waals surface area contributed by atoms with Gasteiger partial charge in [-0.1, -0.05) is 91.3 Å². The van der Waals surface area contributed by atoms with E-state index >= 15 is 0 Å². The molecule has 50 heavy (non-hydrogen) atoms. The first-order valence-electron chi connectivity index (χ1n) is 19.4. The highest BCUT2D eigenvalue weighted by Crippen LogP contribution is 2.66. The van der Waals surface area contributed by atoms with Crippen LogP contribution < -0.4 is 15.4 Å². The van der Waals surface area contributed by atoms with Crippen LogP contribution in [0, 0.1) is 11.3 Å². The van der Waals surface area contributed by atoms with Crippen molar-refractivity contribution in [2.75, 3.05) is 27.7 Å². The molecular formula is C43H64N4O3. The molecule has 3 aromatic rings. The zero-order valence-corrected chi connectivity index (χ0v) is 32.5. The van der Waals surface area contributed by atoms with Gasteiger partial charge in [0.15, 0.2) is 0 Å². The third-order valence-corrected chi connectivity index (χ3v) is 11.0. The molecule has 1 aromatic heterocycles. The number of likely N-dealkylation sites (tertiary alicyclic amines) is 1. The van der Waals surface area contributed by atoms with Crippen molar-refractivity contribution in [1.29, 1.82) is 0 Å². The molecule has 3 fully saturated rings. The molecule has 7 heteroatoms. The van der Waals surface area contributed by atoms with Gasteiger partial charge in [0.1, 0.15) is 5.75 Å². The molecule has 2 aliphatic carbocycles. The van der Waals surface area contributed by atoms with E-state index in [2.05, 4.69) is 78.4 Å². The van der Waals surface area contributed by atoms with Crippen LogP contribution in [0.3, 0.4) is 0 Å². The molecule has 0 bridgehead atoms. The summed E-state index contributed by atoms with van der Waals surface area (Å²) in [6.45, 7) is 13.9. The summed E-state index contributed by atoms with van der Waals surface area (Å²) in [5.41, 5.74) is 7.34. The monoisotopic (exact) mass is 684 g/mol. The smallest absolute Gasteiger partial charge is 0.235 e. The lowest BCUT2D eigenvalue weighted by atomic mass is 9.85. The molecule has 2 unspecified atom stereocenters. The van der Waals surface area contributed by atoms with Crippen molar-refractivity contribution in [3.63, 3.8) is 0 Å². The molecule has 2 aromatic carbocycles. The van der Waals surface area contributed by atoms with E-state index in [4.69, 9.17) is 4.74 Å². The molecule has 1 saturated heterocycles. The summed E-state index contributed by atoms with van der Waals surface area (Å²) in [5, 5.41) is 6.87. The third-order valence-electron chi connectivity index (χ3n) is 11.0. The van der Waals surface area contributed by atoms with Crippen LogP contribution in [0.1, 0.15) is 129 Å². The number of hydrogen-bond donors (Lipinski definition) is 2. The number of nitrogens with zero attached hydrogens (tertiary/aromatic N) is 2. The van der Waals surface area contributed by atoms with E-state index in [1.807, 2.05) is 32.0 Å². The number of benzene rings is 2. The average molecular weight is 685 g/mol. The summed E-state index contributed by atoms with van der Waals surface area (Å²) in [7, 11) is 5.24. The maximum absolute atomic E-state index is 14.3. The maximum Gasteiger partial charge on any atom is 0.235 e. The van der Waals surface area contributed by atoms with Crippen LogP contribution in [0.4, 0.5) is 0 Å². The second kappa shape index (κ2) is 18.0. The number of rotatable bonds is 8. The Balaban J connectivity index is 0.000000369. The van der Waals surface area contributed by atoms with Gasteiger partial charge in [-0.3, -0.25) is 9.59 Å². The number of carbonyl (C=O) groups is 2. The van der Waals surface area contributed by atoms with Gasteiger partial charge >= 0.3 is 0 Å². The summed E-state index contributed by atoms with van der Waals surface area (Å²) in [5.74, 6) is 2.92. The van der Waals surface area contributed by atoms with E-state index in [0.29, 0.717) is 5.92 Å². The molecule has 0 spiro atoms. The van der Waals surface area contributed by atoms with Gasteiger partial charge in [-0.15, -0.1) is 0 Å². The van der Waals surface area contributed by atoms with E-state index in [1.54, 1.807) is 14.2 Å². The molecule has 3 heterocycles. The lowest BCUT2D eigenvalue weighted by molar-refractivity contribution is -0.138. The van der Waals surface area contributed by atoms with E-state index < -0.39 is 5.41 Å². The first-order valence-corrected chi connectivity index (χ1v) is 19.4. The number of carbonyl (C=O) groups excluding carboxylic acids is 2. The summed E-state index contributed by atoms with van der Waals surface area (Å²) in [6, 6.07) is 15.4. The van der Waals surface area contributed by atoms with Crippen LogP contribution in [-0.2, 0) is 16.1 Å². The van der Waals surface area contributed by atoms with Gasteiger partial charge < -0.3 is 24.8 Å². The molecule has 274 valence electrons. The summed E-state index contributed by atoms with van der Waals surface area (Å²) < 4.78 is 8.21. The lowest BCUT2D eigenvalue weighted by Crippen LogP contribution is -2.46. The molecule has 2 aliphatic heterocycles. The minimum Gasteiger partial charge on any atom is -0.497 e. The molecule has 2 atom stereocenters. The van der Waals surface area contributed by atoms with Gasteiger partial charge in [-0.05, 0) is 66.5 Å². The van der Waals surface area contributed by atoms with E-state index in [0.717, 1.165) is 43.3 Å². The molecule has 2 amide bonds. The number of nitrogens with one attached hydrogen (secondary N) is 2. The second-order valence-corrected chi connectivity index (χ2v) is 14.3. The molecule has 7 rings (SSSR count). The minimum absolute atomic E-state index is 0.00463. The zero-order chi connectivity index (χ0) is 36.4. The Kier molecular flexibility index (Phi) is 14.0. The van der Waals surface area contributed by atoms with Crippen LogP contribution in [0.2, 0.25) is 0 Å². The highest BCUT2D eigenvalue weighted by atomic mass is 16.5. The Morgan fingerprint density at radius 1 is 1.04 bits per heavy atom. The number of para-hydroxylation sites is 1. The Bertz CT molecular complexity index is 1610. The van der Waals surface area contributed by atoms with Crippen molar-refractivity contribution in [3.8, 4) is 17.0 Å². The van der Waals surface area contributed by atoms with Crippen molar-refractivity contribution in [2.45, 2.75) is 124 Å². The first-order chi connectivity index (χ1) is 24.2. The number of fused-ring (bicyclic) bond motifs is 7. The number of methoxy groups -OCH3 is 1. The Hall–Kier alpha value is -3.74. The Morgan fingerprint density at radius 2 is 1.70 bits per heavy atom. The van der Waals surface area contributed by atoms with Crippen LogP contribution in [0.5, 0.6) is 5.75 Å². The van der Waals surface area contributed by atoms with Crippen LogP contribution in [-0.4, -0.2) is 49.0 Å². The number of hydrogen-bond acceptors (Lipinski definition) is 4. The van der Waals surface area contributed by atoms with Crippen molar-refractivity contribution >= 4 is 22.7 Å². The fourth-order valence-corrected chi connectivity index (χ4v) is 8.27. The van der Waals surface area contributed by atoms with Gasteiger partial charge in [0.05, 0.1) is 18.2 Å². The standard InChI is InChI=1S/C32H39N3O2.C6H12.C3H7NO.C2H6/c1-5-9-21(10-6-2)29-25-11-7-8-12-28(25)35-20-32(31(36)34-16-15-22(34)19-33-3)18-27(32)26-17-23(37-4)13-14-24(26)30(29)35;1-6-4-2-3-5-6;1-3(5)4-2;1-2/h7-8,11-14,17,19,21,27,33H,5-6,9-10,15-16,18,20H2,1-4H3;6H,2-5H2,1H3;1-2H3,(H,4,5);1-2H3/b22-19+;;;. The molecule has 2 N–H and O–H groups in total. The van der Waals surface area contributed by atoms with Crippen molar-refractivity contribution in [3.05, 3.63) is 65.5 Å². The third kappa shape index (κ3) is 8.08. The largest absolute Gasteiger partial charge is 0.497 e. The Labute approximate surface area is 302 Å². The van der Waals surface area contributed by atoms with Crippen LogP contribution in [0.25, 0.3) is 22.2 Å². The number of aromatic nitrogens is 1. The fraction of sp³-hybridized carbons (Fsp3) is 0.581. The van der Waals surface area contributed by atoms with Gasteiger partial charge in [0.25, 0.3) is 0 Å². The molecular weight excluding hydrogens is 620 g/mol.